The number of benzene rings is 1. The Morgan fingerprint density at radius 1 is 0.974 bits per heavy atom. The van der Waals surface area contributed by atoms with Gasteiger partial charge in [-0.25, -0.2) is 9.67 Å². The number of ether oxygens (including phenoxy) is 4. The van der Waals surface area contributed by atoms with E-state index in [1.165, 1.54) is 0 Å². The Hall–Kier alpha value is -4.06. The van der Waals surface area contributed by atoms with Crippen molar-refractivity contribution in [3.63, 3.8) is 0 Å². The Balaban J connectivity index is 1.37. The topological polar surface area (TPSA) is 114 Å². The second kappa shape index (κ2) is 10.6. The van der Waals surface area contributed by atoms with E-state index < -0.39 is 0 Å². The Morgan fingerprint density at radius 3 is 2.41 bits per heavy atom. The molecule has 2 aliphatic heterocycles. The first-order chi connectivity index (χ1) is 19.1. The van der Waals surface area contributed by atoms with E-state index in [4.69, 9.17) is 34.0 Å². The van der Waals surface area contributed by atoms with E-state index in [2.05, 4.69) is 15.2 Å². The number of hydrogen-bond acceptors (Lipinski definition) is 10. The molecule has 1 N–H and O–H groups in total. The molecular weight excluding hydrogens is 500 g/mol. The molecule has 206 valence electrons. The summed E-state index contributed by atoms with van der Waals surface area (Å²) in [5, 5.41) is 9.17. The number of nitrogens with one attached hydrogen (secondary N) is 1. The fraction of sp³-hybridized carbons (Fsp3) is 0.481. The maximum Gasteiger partial charge on any atom is 0.232 e. The van der Waals surface area contributed by atoms with Crippen molar-refractivity contribution in [2.24, 2.45) is 0 Å². The summed E-state index contributed by atoms with van der Waals surface area (Å²) in [4.78, 5) is 16.8. The van der Waals surface area contributed by atoms with Crippen LogP contribution >= 0.6 is 0 Å². The van der Waals surface area contributed by atoms with Gasteiger partial charge in [0.25, 0.3) is 0 Å². The molecule has 12 nitrogen and oxygen atoms in total. The molecule has 5 heterocycles. The van der Waals surface area contributed by atoms with Crippen LogP contribution in [0.3, 0.4) is 0 Å². The lowest BCUT2D eigenvalue weighted by Gasteiger charge is -2.23. The van der Waals surface area contributed by atoms with E-state index >= 15 is 0 Å². The molecular formula is C27H34N8O4. The van der Waals surface area contributed by atoms with Gasteiger partial charge in [-0.05, 0) is 39.0 Å². The van der Waals surface area contributed by atoms with E-state index in [-0.39, 0.29) is 6.23 Å². The van der Waals surface area contributed by atoms with Gasteiger partial charge >= 0.3 is 0 Å². The highest BCUT2D eigenvalue weighted by atomic mass is 16.5. The second-order valence-electron chi connectivity index (χ2n) is 9.79. The number of imidazole rings is 1. The minimum atomic E-state index is -0.122. The predicted octanol–water partition coefficient (Wildman–Crippen LogP) is 4.39. The summed E-state index contributed by atoms with van der Waals surface area (Å²) in [6.07, 6.45) is 8.86. The minimum Gasteiger partial charge on any atom is -0.493 e. The maximum absolute atomic E-state index is 6.08. The van der Waals surface area contributed by atoms with Gasteiger partial charge in [0.15, 0.2) is 29.2 Å². The lowest BCUT2D eigenvalue weighted by Crippen LogP contribution is -2.21. The van der Waals surface area contributed by atoms with Crippen LogP contribution in [0.2, 0.25) is 0 Å². The van der Waals surface area contributed by atoms with Crippen molar-refractivity contribution in [3.05, 3.63) is 30.4 Å². The average Bonchev–Trinajstić information content (AvgIpc) is 3.73. The van der Waals surface area contributed by atoms with Crippen LogP contribution in [-0.2, 0) is 4.74 Å². The Bertz CT molecular complexity index is 1450. The first-order valence-corrected chi connectivity index (χ1v) is 13.3. The molecule has 0 radical (unpaired) electrons. The quantitative estimate of drug-likeness (QED) is 0.349. The lowest BCUT2D eigenvalue weighted by molar-refractivity contribution is -0.0371. The fourth-order valence-corrected chi connectivity index (χ4v) is 5.38. The van der Waals surface area contributed by atoms with Gasteiger partial charge in [-0.3, -0.25) is 0 Å². The van der Waals surface area contributed by atoms with Gasteiger partial charge in [-0.1, -0.05) is 0 Å². The van der Waals surface area contributed by atoms with Crippen LogP contribution in [-0.4, -0.2) is 70.3 Å². The standard InChI is InChI=1S/C27H34N8O4/c1-17-23-25(33-10-6-7-11-33)30-27(31-26(23)35(32-17)22-9-5-8-12-39-22)29-21-15-34(16-28-21)18-13-19(36-2)24(38-4)20(14-18)37-3/h13-16,22H,5-12H2,1-4H3,(H,29,30,31). The van der Waals surface area contributed by atoms with Crippen molar-refractivity contribution < 1.29 is 18.9 Å². The average molecular weight is 535 g/mol. The molecule has 0 saturated carbocycles. The van der Waals surface area contributed by atoms with Crippen LogP contribution in [0.25, 0.3) is 16.7 Å². The van der Waals surface area contributed by atoms with Gasteiger partial charge in [-0.15, -0.1) is 0 Å². The van der Waals surface area contributed by atoms with Crippen molar-refractivity contribution in [3.8, 4) is 22.9 Å². The number of aryl methyl sites for hydroxylation is 1. The number of hydrogen-bond donors (Lipinski definition) is 1. The van der Waals surface area contributed by atoms with Gasteiger partial charge in [0.05, 0.1) is 44.3 Å². The Morgan fingerprint density at radius 2 is 1.74 bits per heavy atom. The van der Waals surface area contributed by atoms with E-state index in [1.54, 1.807) is 27.7 Å². The van der Waals surface area contributed by atoms with Crippen molar-refractivity contribution in [1.82, 2.24) is 29.3 Å². The molecule has 0 bridgehead atoms. The molecule has 2 saturated heterocycles. The van der Waals surface area contributed by atoms with Crippen molar-refractivity contribution in [2.45, 2.75) is 45.3 Å². The molecule has 0 aliphatic carbocycles. The monoisotopic (exact) mass is 534 g/mol. The summed E-state index contributed by atoms with van der Waals surface area (Å²) in [5.41, 5.74) is 2.50. The van der Waals surface area contributed by atoms with Gasteiger partial charge in [0, 0.05) is 31.8 Å². The summed E-state index contributed by atoms with van der Waals surface area (Å²) < 4.78 is 26.4. The highest BCUT2D eigenvalue weighted by Crippen LogP contribution is 2.39. The molecule has 0 amide bonds. The van der Waals surface area contributed by atoms with E-state index in [1.807, 2.05) is 34.5 Å². The highest BCUT2D eigenvalue weighted by Gasteiger charge is 2.27. The van der Waals surface area contributed by atoms with Crippen LogP contribution in [0.5, 0.6) is 17.2 Å². The van der Waals surface area contributed by atoms with Crippen molar-refractivity contribution in [2.75, 3.05) is 51.2 Å². The lowest BCUT2D eigenvalue weighted by atomic mass is 10.2. The maximum atomic E-state index is 6.08. The van der Waals surface area contributed by atoms with Crippen LogP contribution in [0.15, 0.2) is 24.7 Å². The van der Waals surface area contributed by atoms with Gasteiger partial charge in [0.2, 0.25) is 11.7 Å². The normalized spacial score (nSPS) is 17.5. The first kappa shape index (κ1) is 25.2. The molecule has 2 fully saturated rings. The van der Waals surface area contributed by atoms with Gasteiger partial charge in [0.1, 0.15) is 12.1 Å². The molecule has 1 aromatic carbocycles. The molecule has 4 aromatic rings. The molecule has 39 heavy (non-hydrogen) atoms. The third kappa shape index (κ3) is 4.69. The number of rotatable bonds is 8. The van der Waals surface area contributed by atoms with Crippen LogP contribution in [0, 0.1) is 6.92 Å². The number of anilines is 3. The molecule has 3 aromatic heterocycles. The minimum absolute atomic E-state index is 0.122. The predicted molar refractivity (Wildman–Crippen MR) is 147 cm³/mol. The fourth-order valence-electron chi connectivity index (χ4n) is 5.38. The summed E-state index contributed by atoms with van der Waals surface area (Å²) in [7, 11) is 4.77. The molecule has 2 aliphatic rings. The number of methoxy groups -OCH3 is 3. The summed E-state index contributed by atoms with van der Waals surface area (Å²) in [6.45, 7) is 4.69. The molecule has 0 spiro atoms. The zero-order valence-electron chi connectivity index (χ0n) is 22.8. The van der Waals surface area contributed by atoms with E-state index in [9.17, 15) is 0 Å². The third-order valence-electron chi connectivity index (χ3n) is 7.31. The van der Waals surface area contributed by atoms with E-state index in [0.29, 0.717) is 29.0 Å². The Labute approximate surface area is 226 Å². The van der Waals surface area contributed by atoms with Crippen LogP contribution in [0.4, 0.5) is 17.6 Å². The highest BCUT2D eigenvalue weighted by molar-refractivity contribution is 5.91. The summed E-state index contributed by atoms with van der Waals surface area (Å²) in [6, 6.07) is 3.73. The van der Waals surface area contributed by atoms with Crippen LogP contribution < -0.4 is 24.4 Å². The van der Waals surface area contributed by atoms with E-state index in [0.717, 1.165) is 80.0 Å². The smallest absolute Gasteiger partial charge is 0.232 e. The van der Waals surface area contributed by atoms with Crippen molar-refractivity contribution in [1.29, 1.82) is 0 Å². The number of nitrogens with zero attached hydrogens (tertiary/aromatic N) is 7. The van der Waals surface area contributed by atoms with Gasteiger partial charge in [-0.2, -0.15) is 15.1 Å². The largest absolute Gasteiger partial charge is 0.493 e. The zero-order valence-corrected chi connectivity index (χ0v) is 22.8. The molecule has 1 unspecified atom stereocenters. The SMILES string of the molecule is COc1cc(-n2cnc(Nc3nc(N4CCCC4)c4c(C)nn(C5CCCCO5)c4n3)c2)cc(OC)c1OC. The molecule has 12 heteroatoms. The van der Waals surface area contributed by atoms with Gasteiger partial charge < -0.3 is 33.7 Å². The molecule has 1 atom stereocenters. The van der Waals surface area contributed by atoms with Crippen molar-refractivity contribution >= 4 is 28.6 Å². The number of fused-ring (bicyclic) bond motifs is 1. The van der Waals surface area contributed by atoms with Crippen LogP contribution in [0.1, 0.15) is 44.0 Å². The first-order valence-electron chi connectivity index (χ1n) is 13.3. The zero-order chi connectivity index (χ0) is 26.9. The third-order valence-corrected chi connectivity index (χ3v) is 7.31. The Kier molecular flexibility index (Phi) is 6.86. The summed E-state index contributed by atoms with van der Waals surface area (Å²) >= 11 is 0. The second-order valence-corrected chi connectivity index (χ2v) is 9.79. The molecule has 6 rings (SSSR count). The number of aromatic nitrogens is 6. The summed E-state index contributed by atoms with van der Waals surface area (Å²) in [5.74, 6) is 3.64.